The molecule has 2 nitrogen and oxygen atoms in total. The Balaban J connectivity index is 2.95. The molecule has 0 aliphatic rings. The molecule has 0 aliphatic heterocycles. The van der Waals surface area contributed by atoms with Gasteiger partial charge in [-0.15, -0.1) is 0 Å². The Morgan fingerprint density at radius 3 is 1.32 bits per heavy atom. The van der Waals surface area contributed by atoms with Crippen molar-refractivity contribution in [2.75, 3.05) is 13.1 Å². The molecule has 0 rings (SSSR count). The van der Waals surface area contributed by atoms with E-state index in [1.54, 1.807) is 0 Å². The second-order valence-electron chi connectivity index (χ2n) is 5.76. The summed E-state index contributed by atoms with van der Waals surface area (Å²) in [7, 11) is 0. The monoisotopic (exact) mass is 270 g/mol. The lowest BCUT2D eigenvalue weighted by Crippen LogP contribution is -2.16. The van der Waals surface area contributed by atoms with Crippen LogP contribution < -0.4 is 0 Å². The first-order chi connectivity index (χ1) is 9.31. The van der Waals surface area contributed by atoms with Crippen molar-refractivity contribution in [3.05, 3.63) is 5.21 Å². The highest BCUT2D eigenvalue weighted by Gasteiger charge is 1.94. The Morgan fingerprint density at radius 1 is 0.579 bits per heavy atom. The van der Waals surface area contributed by atoms with Gasteiger partial charge in [-0.2, -0.15) is 0 Å². The number of nitrogens with zero attached hydrogens (tertiary/aromatic N) is 1. The van der Waals surface area contributed by atoms with Gasteiger partial charge in [-0.05, 0) is 19.5 Å². The lowest BCUT2D eigenvalue weighted by molar-refractivity contribution is 0.380. The molecule has 0 aromatic carbocycles. The first kappa shape index (κ1) is 18.9. The van der Waals surface area contributed by atoms with Gasteiger partial charge >= 0.3 is 0 Å². The minimum atomic E-state index is 0.637. The van der Waals surface area contributed by atoms with Crippen LogP contribution in [0.2, 0.25) is 0 Å². The highest BCUT2D eigenvalue weighted by atomic mass is 16.5. The van der Waals surface area contributed by atoms with E-state index in [9.17, 15) is 5.21 Å². The van der Waals surface area contributed by atoms with E-state index >= 15 is 0 Å². The van der Waals surface area contributed by atoms with E-state index in [-0.39, 0.29) is 0 Å². The fraction of sp³-hybridized carbons (Fsp3) is 1.00. The maximum absolute atomic E-state index is 11.0. The number of rotatable bonds is 15. The summed E-state index contributed by atoms with van der Waals surface area (Å²) in [5, 5.41) is 12.2. The lowest BCUT2D eigenvalue weighted by Gasteiger charge is -2.25. The van der Waals surface area contributed by atoms with Gasteiger partial charge in [-0.1, -0.05) is 90.9 Å². The summed E-state index contributed by atoms with van der Waals surface area (Å²) >= 11 is 0. The van der Waals surface area contributed by atoms with Crippen molar-refractivity contribution in [2.45, 2.75) is 97.3 Å². The molecule has 0 amide bonds. The molecule has 0 aromatic rings. The Hall–Kier alpha value is -0.0800. The molecular formula is C17H36NO-. The van der Waals surface area contributed by atoms with E-state index in [0.29, 0.717) is 6.54 Å². The van der Waals surface area contributed by atoms with Gasteiger partial charge in [0.15, 0.2) is 0 Å². The average Bonchev–Trinajstić information content (AvgIpc) is 2.43. The van der Waals surface area contributed by atoms with Gasteiger partial charge in [-0.3, -0.25) is 0 Å². The van der Waals surface area contributed by atoms with Crippen molar-refractivity contribution < 1.29 is 0 Å². The van der Waals surface area contributed by atoms with E-state index in [1.165, 1.54) is 82.1 Å². The van der Waals surface area contributed by atoms with Gasteiger partial charge in [0.1, 0.15) is 0 Å². The van der Waals surface area contributed by atoms with Crippen LogP contribution in [0.25, 0.3) is 0 Å². The van der Waals surface area contributed by atoms with Gasteiger partial charge in [-0.25, -0.2) is 0 Å². The summed E-state index contributed by atoms with van der Waals surface area (Å²) in [6.45, 7) is 5.57. The van der Waals surface area contributed by atoms with Crippen LogP contribution in [0.1, 0.15) is 97.3 Å². The molecule has 0 unspecified atom stereocenters. The predicted molar refractivity (Wildman–Crippen MR) is 86.3 cm³/mol. The maximum Gasteiger partial charge on any atom is -0.0145 e. The van der Waals surface area contributed by atoms with Crippen LogP contribution in [-0.4, -0.2) is 18.2 Å². The van der Waals surface area contributed by atoms with E-state index in [0.717, 1.165) is 13.0 Å². The molecule has 116 valence electrons. The predicted octanol–water partition coefficient (Wildman–Crippen LogP) is 5.90. The number of unbranched alkanes of at least 4 members (excludes halogenated alkanes) is 12. The van der Waals surface area contributed by atoms with E-state index in [2.05, 4.69) is 6.92 Å². The van der Waals surface area contributed by atoms with Crippen LogP contribution in [0.5, 0.6) is 0 Å². The van der Waals surface area contributed by atoms with Crippen molar-refractivity contribution in [3.63, 3.8) is 0 Å². The molecule has 0 saturated heterocycles. The van der Waals surface area contributed by atoms with E-state index in [4.69, 9.17) is 0 Å². The molecule has 2 heteroatoms. The third-order valence-electron chi connectivity index (χ3n) is 3.86. The molecule has 0 radical (unpaired) electrons. The molecule has 19 heavy (non-hydrogen) atoms. The Labute approximate surface area is 121 Å². The standard InChI is InChI=1S/C17H36NO/c1-3-5-6-7-8-9-10-11-12-13-14-15-16-17-18(19)4-2/h3-17H2,1-2H3/q-1. The summed E-state index contributed by atoms with van der Waals surface area (Å²) in [5.74, 6) is 0. The number of hydroxylamine groups is 2. The Morgan fingerprint density at radius 2 is 0.947 bits per heavy atom. The zero-order chi connectivity index (χ0) is 14.2. The molecule has 0 N–H and O–H groups in total. The lowest BCUT2D eigenvalue weighted by atomic mass is 10.0. The first-order valence-corrected chi connectivity index (χ1v) is 8.73. The summed E-state index contributed by atoms with van der Waals surface area (Å²) in [6.07, 6.45) is 17.7. The highest BCUT2D eigenvalue weighted by Crippen LogP contribution is 2.12. The molecule has 0 fully saturated rings. The van der Waals surface area contributed by atoms with Gasteiger partial charge in [0.2, 0.25) is 0 Å². The molecule has 0 aromatic heterocycles. The van der Waals surface area contributed by atoms with Crippen LogP contribution >= 0.6 is 0 Å². The van der Waals surface area contributed by atoms with Gasteiger partial charge in [0, 0.05) is 0 Å². The van der Waals surface area contributed by atoms with Crippen LogP contribution in [-0.2, 0) is 0 Å². The van der Waals surface area contributed by atoms with E-state index in [1.807, 2.05) is 6.92 Å². The van der Waals surface area contributed by atoms with E-state index < -0.39 is 0 Å². The van der Waals surface area contributed by atoms with Crippen molar-refractivity contribution in [3.8, 4) is 0 Å². The zero-order valence-electron chi connectivity index (χ0n) is 13.5. The van der Waals surface area contributed by atoms with Crippen molar-refractivity contribution >= 4 is 0 Å². The summed E-state index contributed by atoms with van der Waals surface area (Å²) < 4.78 is 0. The largest absolute Gasteiger partial charge is 0.785 e. The molecule has 0 heterocycles. The Bertz CT molecular complexity index is 161. The zero-order valence-corrected chi connectivity index (χ0v) is 13.5. The van der Waals surface area contributed by atoms with Crippen molar-refractivity contribution in [2.24, 2.45) is 0 Å². The number of hydrogen-bond acceptors (Lipinski definition) is 2. The molecule has 0 spiro atoms. The normalized spacial score (nSPS) is 11.4. The fourth-order valence-electron chi connectivity index (χ4n) is 2.46. The Kier molecular flexibility index (Phi) is 15.9. The fourth-order valence-corrected chi connectivity index (χ4v) is 2.46. The van der Waals surface area contributed by atoms with Gasteiger partial charge < -0.3 is 10.3 Å². The first-order valence-electron chi connectivity index (χ1n) is 8.73. The second kappa shape index (κ2) is 16.0. The van der Waals surface area contributed by atoms with Crippen molar-refractivity contribution in [1.82, 2.24) is 5.06 Å². The topological polar surface area (TPSA) is 26.3 Å². The summed E-state index contributed by atoms with van der Waals surface area (Å²) in [4.78, 5) is 0. The minimum absolute atomic E-state index is 0.637. The highest BCUT2D eigenvalue weighted by molar-refractivity contribution is 4.54. The quantitative estimate of drug-likeness (QED) is 0.273. The van der Waals surface area contributed by atoms with Crippen LogP contribution in [0.15, 0.2) is 0 Å². The minimum Gasteiger partial charge on any atom is -0.785 e. The van der Waals surface area contributed by atoms with Gasteiger partial charge in [0.05, 0.1) is 0 Å². The molecule has 0 atom stereocenters. The second-order valence-corrected chi connectivity index (χ2v) is 5.76. The summed E-state index contributed by atoms with van der Waals surface area (Å²) in [6, 6.07) is 0. The smallest absolute Gasteiger partial charge is 0.0145 e. The SMILES string of the molecule is CCCCCCCCCCCCCCCN([O-])CC. The van der Waals surface area contributed by atoms with Gasteiger partial charge in [0.25, 0.3) is 0 Å². The van der Waals surface area contributed by atoms with Crippen molar-refractivity contribution in [1.29, 1.82) is 0 Å². The van der Waals surface area contributed by atoms with Crippen LogP contribution in [0.3, 0.4) is 0 Å². The molecule has 0 saturated carbocycles. The maximum atomic E-state index is 11.0. The van der Waals surface area contributed by atoms with Crippen LogP contribution in [0, 0.1) is 5.21 Å². The number of hydrogen-bond donors (Lipinski definition) is 0. The summed E-state index contributed by atoms with van der Waals surface area (Å²) in [5.41, 5.74) is 0. The third-order valence-corrected chi connectivity index (χ3v) is 3.86. The molecule has 0 bridgehead atoms. The molecular weight excluding hydrogens is 234 g/mol. The molecule has 0 aliphatic carbocycles. The third kappa shape index (κ3) is 15.9. The average molecular weight is 270 g/mol. The van der Waals surface area contributed by atoms with Crippen LogP contribution in [0.4, 0.5) is 0 Å².